The molecule has 0 saturated carbocycles. The Bertz CT molecular complexity index is 643. The van der Waals surface area contributed by atoms with Crippen molar-refractivity contribution in [3.63, 3.8) is 0 Å². The van der Waals surface area contributed by atoms with Crippen molar-refractivity contribution < 1.29 is 9.53 Å². The number of Topliss-reactive ketones (excluding diaryl/α,β-unsaturated/α-hetero) is 1. The fraction of sp³-hybridized carbons (Fsp3) is 0.267. The van der Waals surface area contributed by atoms with Crippen LogP contribution in [0.3, 0.4) is 0 Å². The van der Waals surface area contributed by atoms with Crippen molar-refractivity contribution in [1.82, 2.24) is 15.3 Å². The lowest BCUT2D eigenvalue weighted by atomic mass is 9.93. The van der Waals surface area contributed by atoms with Gasteiger partial charge >= 0.3 is 0 Å². The van der Waals surface area contributed by atoms with Crippen LogP contribution in [0.15, 0.2) is 36.7 Å². The number of nitrogens with one attached hydrogen (secondary N) is 1. The molecule has 0 radical (unpaired) electrons. The Morgan fingerprint density at radius 3 is 2.80 bits per heavy atom. The number of benzene rings is 1. The average molecular weight is 269 g/mol. The molecule has 0 bridgehead atoms. The summed E-state index contributed by atoms with van der Waals surface area (Å²) in [6.07, 6.45) is 3.68. The quantitative estimate of drug-likeness (QED) is 0.853. The number of methoxy groups -OCH3 is 1. The number of hydrogen-bond acceptors (Lipinski definition) is 5. The first-order valence-corrected chi connectivity index (χ1v) is 6.49. The van der Waals surface area contributed by atoms with Gasteiger partial charge < -0.3 is 10.1 Å². The van der Waals surface area contributed by atoms with Gasteiger partial charge in [-0.3, -0.25) is 4.79 Å². The van der Waals surface area contributed by atoms with Gasteiger partial charge in [0.2, 0.25) is 11.7 Å². The van der Waals surface area contributed by atoms with E-state index in [1.165, 1.54) is 30.6 Å². The van der Waals surface area contributed by atoms with Crippen molar-refractivity contribution in [2.24, 2.45) is 0 Å². The SMILES string of the molecule is COc1nccnc1C(=O)C1Cc2ccccc2CN1. The smallest absolute Gasteiger partial charge is 0.243 e. The standard InChI is InChI=1S/C15H15N3O2/c1-20-15-13(16-6-7-17-15)14(19)12-8-10-4-2-3-5-11(10)9-18-12/h2-7,12,18H,8-9H2,1H3. The van der Waals surface area contributed by atoms with Crippen molar-refractivity contribution in [3.05, 3.63) is 53.5 Å². The van der Waals surface area contributed by atoms with Crippen molar-refractivity contribution in [3.8, 4) is 5.88 Å². The molecular formula is C15H15N3O2. The van der Waals surface area contributed by atoms with E-state index in [4.69, 9.17) is 4.74 Å². The predicted molar refractivity (Wildman–Crippen MR) is 73.7 cm³/mol. The van der Waals surface area contributed by atoms with E-state index in [1.54, 1.807) is 0 Å². The molecule has 2 aromatic rings. The molecule has 20 heavy (non-hydrogen) atoms. The highest BCUT2D eigenvalue weighted by molar-refractivity contribution is 6.00. The zero-order chi connectivity index (χ0) is 13.9. The summed E-state index contributed by atoms with van der Waals surface area (Å²) in [4.78, 5) is 20.7. The van der Waals surface area contributed by atoms with E-state index < -0.39 is 0 Å². The van der Waals surface area contributed by atoms with Gasteiger partial charge in [0, 0.05) is 18.9 Å². The van der Waals surface area contributed by atoms with Gasteiger partial charge in [-0.2, -0.15) is 0 Å². The van der Waals surface area contributed by atoms with Gasteiger partial charge in [0.05, 0.1) is 13.2 Å². The summed E-state index contributed by atoms with van der Waals surface area (Å²) in [5.41, 5.74) is 2.72. The van der Waals surface area contributed by atoms with Gasteiger partial charge in [-0.25, -0.2) is 9.97 Å². The van der Waals surface area contributed by atoms with Gasteiger partial charge in [-0.1, -0.05) is 24.3 Å². The second-order valence-corrected chi connectivity index (χ2v) is 4.68. The van der Waals surface area contributed by atoms with Crippen LogP contribution in [0.1, 0.15) is 21.6 Å². The molecule has 1 N–H and O–H groups in total. The summed E-state index contributed by atoms with van der Waals surface area (Å²) < 4.78 is 5.10. The molecule has 5 nitrogen and oxygen atoms in total. The second kappa shape index (κ2) is 5.38. The van der Waals surface area contributed by atoms with Gasteiger partial charge in [-0.15, -0.1) is 0 Å². The molecule has 1 aromatic heterocycles. The number of ether oxygens (including phenoxy) is 1. The highest BCUT2D eigenvalue weighted by Crippen LogP contribution is 2.20. The normalized spacial score (nSPS) is 17.4. The number of carbonyl (C=O) groups is 1. The molecule has 1 aliphatic heterocycles. The molecule has 1 aliphatic rings. The van der Waals surface area contributed by atoms with Crippen molar-refractivity contribution in [1.29, 1.82) is 0 Å². The molecule has 0 spiro atoms. The fourth-order valence-corrected chi connectivity index (χ4v) is 2.45. The molecule has 0 fully saturated rings. The van der Waals surface area contributed by atoms with E-state index in [2.05, 4.69) is 27.4 Å². The van der Waals surface area contributed by atoms with Crippen molar-refractivity contribution in [2.45, 2.75) is 19.0 Å². The van der Waals surface area contributed by atoms with Crippen LogP contribution in [0.2, 0.25) is 0 Å². The molecule has 5 heteroatoms. The molecule has 0 amide bonds. The Morgan fingerprint density at radius 1 is 1.25 bits per heavy atom. The first kappa shape index (κ1) is 12.7. The van der Waals surface area contributed by atoms with E-state index in [9.17, 15) is 4.79 Å². The number of ketones is 1. The molecule has 0 aliphatic carbocycles. The van der Waals surface area contributed by atoms with E-state index in [-0.39, 0.29) is 23.4 Å². The third-order valence-corrected chi connectivity index (χ3v) is 3.49. The zero-order valence-electron chi connectivity index (χ0n) is 11.2. The van der Waals surface area contributed by atoms with Gasteiger partial charge in [0.15, 0.2) is 5.69 Å². The van der Waals surface area contributed by atoms with Gasteiger partial charge in [0.1, 0.15) is 0 Å². The molecule has 1 aromatic carbocycles. The van der Waals surface area contributed by atoms with Crippen LogP contribution in [0.25, 0.3) is 0 Å². The third kappa shape index (κ3) is 2.28. The Morgan fingerprint density at radius 2 is 2.00 bits per heavy atom. The summed E-state index contributed by atoms with van der Waals surface area (Å²) in [7, 11) is 1.49. The minimum absolute atomic E-state index is 0.0792. The van der Waals surface area contributed by atoms with E-state index in [1.807, 2.05) is 12.1 Å². The molecule has 0 saturated heterocycles. The molecule has 1 atom stereocenters. The Hall–Kier alpha value is -2.27. The van der Waals surface area contributed by atoms with Crippen molar-refractivity contribution in [2.75, 3.05) is 7.11 Å². The van der Waals surface area contributed by atoms with E-state index in [0.717, 1.165) is 0 Å². The molecule has 1 unspecified atom stereocenters. The van der Waals surface area contributed by atoms with Gasteiger partial charge in [0.25, 0.3) is 0 Å². The van der Waals surface area contributed by atoms with Crippen LogP contribution >= 0.6 is 0 Å². The predicted octanol–water partition coefficient (Wildman–Crippen LogP) is 1.38. The van der Waals surface area contributed by atoms with Crippen LogP contribution < -0.4 is 10.1 Å². The summed E-state index contributed by atoms with van der Waals surface area (Å²) in [5, 5.41) is 3.25. The molecule has 102 valence electrons. The number of hydrogen-bond donors (Lipinski definition) is 1. The lowest BCUT2D eigenvalue weighted by molar-refractivity contribution is 0.0928. The summed E-state index contributed by atoms with van der Waals surface area (Å²) >= 11 is 0. The Labute approximate surface area is 117 Å². The lowest BCUT2D eigenvalue weighted by Crippen LogP contribution is -2.42. The fourth-order valence-electron chi connectivity index (χ4n) is 2.45. The van der Waals surface area contributed by atoms with E-state index >= 15 is 0 Å². The number of fused-ring (bicyclic) bond motifs is 1. The van der Waals surface area contributed by atoms with E-state index in [0.29, 0.717) is 13.0 Å². The average Bonchev–Trinajstić information content (AvgIpc) is 2.53. The maximum absolute atomic E-state index is 12.5. The Balaban J connectivity index is 1.86. The monoisotopic (exact) mass is 269 g/mol. The highest BCUT2D eigenvalue weighted by Gasteiger charge is 2.28. The first-order valence-electron chi connectivity index (χ1n) is 6.49. The third-order valence-electron chi connectivity index (χ3n) is 3.49. The summed E-state index contributed by atoms with van der Waals surface area (Å²) in [6, 6.07) is 7.86. The summed E-state index contributed by atoms with van der Waals surface area (Å²) in [5.74, 6) is 0.197. The van der Waals surface area contributed by atoms with Crippen molar-refractivity contribution >= 4 is 5.78 Å². The minimum Gasteiger partial charge on any atom is -0.479 e. The van der Waals surface area contributed by atoms with Crippen LogP contribution in [-0.2, 0) is 13.0 Å². The highest BCUT2D eigenvalue weighted by atomic mass is 16.5. The largest absolute Gasteiger partial charge is 0.479 e. The number of aromatic nitrogens is 2. The zero-order valence-corrected chi connectivity index (χ0v) is 11.2. The van der Waals surface area contributed by atoms with Crippen LogP contribution in [0, 0.1) is 0 Å². The molecule has 2 heterocycles. The number of nitrogens with zero attached hydrogens (tertiary/aromatic N) is 2. The topological polar surface area (TPSA) is 64.1 Å². The molecule has 3 rings (SSSR count). The first-order chi connectivity index (χ1) is 9.79. The maximum atomic E-state index is 12.5. The Kier molecular flexibility index (Phi) is 3.43. The summed E-state index contributed by atoms with van der Waals surface area (Å²) in [6.45, 7) is 0.690. The molecular weight excluding hydrogens is 254 g/mol. The second-order valence-electron chi connectivity index (χ2n) is 4.68. The minimum atomic E-state index is -0.282. The lowest BCUT2D eigenvalue weighted by Gasteiger charge is -2.25. The number of rotatable bonds is 3. The maximum Gasteiger partial charge on any atom is 0.243 e. The number of carbonyl (C=O) groups excluding carboxylic acids is 1. The van der Waals surface area contributed by atoms with Crippen LogP contribution in [0.4, 0.5) is 0 Å². The van der Waals surface area contributed by atoms with Crippen LogP contribution in [0.5, 0.6) is 5.88 Å². The van der Waals surface area contributed by atoms with Crippen LogP contribution in [-0.4, -0.2) is 28.9 Å². The van der Waals surface area contributed by atoms with Gasteiger partial charge in [-0.05, 0) is 17.5 Å².